The summed E-state index contributed by atoms with van der Waals surface area (Å²) >= 11 is 5.42. The van der Waals surface area contributed by atoms with Gasteiger partial charge in [0.15, 0.2) is 5.13 Å². The van der Waals surface area contributed by atoms with Gasteiger partial charge in [-0.3, -0.25) is 0 Å². The highest BCUT2D eigenvalue weighted by molar-refractivity contribution is 7.80. The number of thiazole rings is 1. The summed E-state index contributed by atoms with van der Waals surface area (Å²) in [7, 11) is 0. The van der Waals surface area contributed by atoms with Gasteiger partial charge in [0.1, 0.15) is 6.04 Å². The van der Waals surface area contributed by atoms with Gasteiger partial charge < -0.3 is 10.4 Å². The molecule has 6 heteroatoms. The zero-order valence-corrected chi connectivity index (χ0v) is 9.44. The number of anilines is 1. The summed E-state index contributed by atoms with van der Waals surface area (Å²) < 4.78 is 0. The number of aryl methyl sites for hydroxylation is 1. The maximum absolute atomic E-state index is 10.8. The maximum atomic E-state index is 10.8. The molecule has 0 aliphatic rings. The lowest BCUT2D eigenvalue weighted by Gasteiger charge is -2.11. The number of nitrogens with one attached hydrogen (secondary N) is 1. The highest BCUT2D eigenvalue weighted by Gasteiger charge is 2.16. The molecule has 14 heavy (non-hydrogen) atoms. The molecule has 0 saturated carbocycles. The minimum atomic E-state index is -0.869. The van der Waals surface area contributed by atoms with Crippen molar-refractivity contribution < 1.29 is 9.90 Å². The van der Waals surface area contributed by atoms with Gasteiger partial charge in [-0.25, -0.2) is 9.78 Å². The van der Waals surface area contributed by atoms with Gasteiger partial charge in [-0.15, -0.1) is 11.3 Å². The monoisotopic (exact) mass is 232 g/mol. The number of rotatable bonds is 5. The van der Waals surface area contributed by atoms with Crippen LogP contribution in [0.15, 0.2) is 5.38 Å². The average molecular weight is 232 g/mol. The molecule has 0 fully saturated rings. The summed E-state index contributed by atoms with van der Waals surface area (Å²) in [6.07, 6.45) is 0.483. The molecular weight excluding hydrogens is 220 g/mol. The molecule has 0 amide bonds. The Kier molecular flexibility index (Phi) is 4.21. The molecule has 0 bridgehead atoms. The summed E-state index contributed by atoms with van der Waals surface area (Å²) in [5.74, 6) is -0.333. The fourth-order valence-electron chi connectivity index (χ4n) is 0.956. The van der Waals surface area contributed by atoms with E-state index in [0.717, 1.165) is 5.69 Å². The number of aliphatic carboxylic acids is 1. The minimum Gasteiger partial charge on any atom is -0.480 e. The Hall–Kier alpha value is -0.750. The van der Waals surface area contributed by atoms with Crippen LogP contribution in [0.2, 0.25) is 0 Å². The quantitative estimate of drug-likeness (QED) is 0.675. The second kappa shape index (κ2) is 5.21. The number of nitrogens with zero attached hydrogens (tertiary/aromatic N) is 1. The Morgan fingerprint density at radius 2 is 2.57 bits per heavy atom. The molecule has 0 saturated heterocycles. The van der Waals surface area contributed by atoms with Crippen molar-refractivity contribution in [3.63, 3.8) is 0 Å². The molecular formula is C8H12N2O2S2. The van der Waals surface area contributed by atoms with Crippen molar-refractivity contribution in [1.29, 1.82) is 0 Å². The lowest BCUT2D eigenvalue weighted by molar-refractivity contribution is -0.137. The van der Waals surface area contributed by atoms with Gasteiger partial charge >= 0.3 is 5.97 Å². The third-order valence-electron chi connectivity index (χ3n) is 1.63. The first-order valence-electron chi connectivity index (χ1n) is 4.16. The third kappa shape index (κ3) is 3.19. The number of carboxylic acids is 1. The van der Waals surface area contributed by atoms with E-state index in [0.29, 0.717) is 17.3 Å². The van der Waals surface area contributed by atoms with Crippen molar-refractivity contribution in [1.82, 2.24) is 4.98 Å². The molecule has 1 atom stereocenters. The summed E-state index contributed by atoms with van der Waals surface area (Å²) in [6.45, 7) is 1.87. The van der Waals surface area contributed by atoms with Crippen LogP contribution in [-0.4, -0.2) is 27.9 Å². The van der Waals surface area contributed by atoms with Gasteiger partial charge in [-0.05, 0) is 19.1 Å². The largest absolute Gasteiger partial charge is 0.480 e. The highest BCUT2D eigenvalue weighted by Crippen LogP contribution is 2.16. The van der Waals surface area contributed by atoms with E-state index in [4.69, 9.17) is 5.11 Å². The number of thiol groups is 1. The Bertz CT molecular complexity index is 314. The number of hydrogen-bond acceptors (Lipinski definition) is 5. The number of aromatic nitrogens is 1. The first-order chi connectivity index (χ1) is 6.63. The van der Waals surface area contributed by atoms with Crippen molar-refractivity contribution in [3.05, 3.63) is 11.1 Å². The molecule has 1 heterocycles. The first-order valence-corrected chi connectivity index (χ1v) is 5.67. The van der Waals surface area contributed by atoms with Gasteiger partial charge in [0.05, 0.1) is 5.69 Å². The predicted octanol–water partition coefficient (Wildman–Crippen LogP) is 1.64. The lowest BCUT2D eigenvalue weighted by atomic mass is 10.2. The molecule has 0 radical (unpaired) electrons. The molecule has 0 unspecified atom stereocenters. The van der Waals surface area contributed by atoms with E-state index in [2.05, 4.69) is 22.9 Å². The van der Waals surface area contributed by atoms with Crippen LogP contribution >= 0.6 is 24.0 Å². The topological polar surface area (TPSA) is 62.2 Å². The van der Waals surface area contributed by atoms with Gasteiger partial charge in [-0.2, -0.15) is 12.6 Å². The normalized spacial score (nSPS) is 12.4. The van der Waals surface area contributed by atoms with E-state index in [9.17, 15) is 4.79 Å². The van der Waals surface area contributed by atoms with Gasteiger partial charge in [0, 0.05) is 5.38 Å². The van der Waals surface area contributed by atoms with Crippen molar-refractivity contribution in [2.24, 2.45) is 0 Å². The molecule has 0 aliphatic carbocycles. The Balaban J connectivity index is 2.59. The van der Waals surface area contributed by atoms with E-state index in [1.165, 1.54) is 11.3 Å². The predicted molar refractivity (Wildman–Crippen MR) is 60.4 cm³/mol. The molecule has 4 nitrogen and oxygen atoms in total. The zero-order valence-electron chi connectivity index (χ0n) is 7.73. The van der Waals surface area contributed by atoms with Crippen LogP contribution in [0.25, 0.3) is 0 Å². The van der Waals surface area contributed by atoms with Gasteiger partial charge in [-0.1, -0.05) is 0 Å². The maximum Gasteiger partial charge on any atom is 0.326 e. The first kappa shape index (κ1) is 11.3. The Morgan fingerprint density at radius 3 is 3.00 bits per heavy atom. The SMILES string of the molecule is Cc1csc(N[C@@H](CCS)C(=O)O)n1. The van der Waals surface area contributed by atoms with Crippen molar-refractivity contribution in [3.8, 4) is 0 Å². The van der Waals surface area contributed by atoms with E-state index in [-0.39, 0.29) is 0 Å². The molecule has 1 aromatic heterocycles. The van der Waals surface area contributed by atoms with E-state index >= 15 is 0 Å². The van der Waals surface area contributed by atoms with E-state index in [1.807, 2.05) is 12.3 Å². The molecule has 0 aromatic carbocycles. The van der Waals surface area contributed by atoms with Crippen LogP contribution in [0.1, 0.15) is 12.1 Å². The summed E-state index contributed by atoms with van der Waals surface area (Å²) in [5, 5.41) is 14.2. The fraction of sp³-hybridized carbons (Fsp3) is 0.500. The molecule has 1 aromatic rings. The lowest BCUT2D eigenvalue weighted by Crippen LogP contribution is -2.29. The highest BCUT2D eigenvalue weighted by atomic mass is 32.1. The summed E-state index contributed by atoms with van der Waals surface area (Å²) in [4.78, 5) is 14.9. The number of carbonyl (C=O) groups is 1. The number of hydrogen-bond donors (Lipinski definition) is 3. The van der Waals surface area contributed by atoms with Crippen LogP contribution in [0.3, 0.4) is 0 Å². The van der Waals surface area contributed by atoms with Crippen molar-refractivity contribution >= 4 is 35.1 Å². The summed E-state index contributed by atoms with van der Waals surface area (Å²) in [5.41, 5.74) is 0.896. The molecule has 0 aliphatic heterocycles. The summed E-state index contributed by atoms with van der Waals surface area (Å²) in [6, 6.07) is -0.599. The van der Waals surface area contributed by atoms with E-state index in [1.54, 1.807) is 0 Å². The van der Waals surface area contributed by atoms with Gasteiger partial charge in [0.25, 0.3) is 0 Å². The Morgan fingerprint density at radius 1 is 1.86 bits per heavy atom. The van der Waals surface area contributed by atoms with Crippen LogP contribution in [0.5, 0.6) is 0 Å². The second-order valence-electron chi connectivity index (χ2n) is 2.84. The average Bonchev–Trinajstić information content (AvgIpc) is 2.50. The van der Waals surface area contributed by atoms with Crippen LogP contribution in [-0.2, 0) is 4.79 Å². The molecule has 2 N–H and O–H groups in total. The van der Waals surface area contributed by atoms with Crippen molar-refractivity contribution in [2.45, 2.75) is 19.4 Å². The van der Waals surface area contributed by atoms with E-state index < -0.39 is 12.0 Å². The second-order valence-corrected chi connectivity index (χ2v) is 4.15. The van der Waals surface area contributed by atoms with Crippen LogP contribution in [0, 0.1) is 6.92 Å². The standard InChI is InChI=1S/C8H12N2O2S2/c1-5-4-14-8(9-5)10-6(2-3-13)7(11)12/h4,6,13H,2-3H2,1H3,(H,9,10)(H,11,12)/t6-/m0/s1. The van der Waals surface area contributed by atoms with Crippen molar-refractivity contribution in [2.75, 3.05) is 11.1 Å². The smallest absolute Gasteiger partial charge is 0.326 e. The van der Waals surface area contributed by atoms with Crippen LogP contribution < -0.4 is 5.32 Å². The molecule has 78 valence electrons. The molecule has 0 spiro atoms. The third-order valence-corrected chi connectivity index (χ3v) is 2.78. The fourth-order valence-corrected chi connectivity index (χ4v) is 1.96. The minimum absolute atomic E-state index is 0.483. The van der Waals surface area contributed by atoms with Gasteiger partial charge in [0.2, 0.25) is 0 Å². The zero-order chi connectivity index (χ0) is 10.6. The number of carboxylic acid groups (broad SMARTS) is 1. The molecule has 1 rings (SSSR count). The Labute approximate surface area is 91.8 Å². The van der Waals surface area contributed by atoms with Crippen LogP contribution in [0.4, 0.5) is 5.13 Å².